The van der Waals surface area contributed by atoms with E-state index in [-0.39, 0.29) is 11.3 Å². The topological polar surface area (TPSA) is 64.4 Å². The first kappa shape index (κ1) is 9.48. The maximum atomic E-state index is 11.5. The van der Waals surface area contributed by atoms with Crippen LogP contribution in [0.25, 0.3) is 0 Å². The van der Waals surface area contributed by atoms with Crippen LogP contribution in [0, 0.1) is 5.41 Å². The molecule has 12 heavy (non-hydrogen) atoms. The molecule has 3 N–H and O–H groups in total. The molecule has 1 aliphatic rings. The molecule has 0 bridgehead atoms. The van der Waals surface area contributed by atoms with E-state index in [4.69, 9.17) is 10.5 Å². The number of amides is 1. The fraction of sp³-hybridized carbons (Fsp3) is 0.875. The van der Waals surface area contributed by atoms with Gasteiger partial charge in [-0.1, -0.05) is 0 Å². The maximum absolute atomic E-state index is 11.5. The van der Waals surface area contributed by atoms with Crippen molar-refractivity contribution in [3.8, 4) is 0 Å². The van der Waals surface area contributed by atoms with Crippen LogP contribution in [0.5, 0.6) is 0 Å². The molecular weight excluding hydrogens is 156 g/mol. The fourth-order valence-electron chi connectivity index (χ4n) is 1.55. The molecule has 0 unspecified atom stereocenters. The van der Waals surface area contributed by atoms with Crippen LogP contribution in [0.4, 0.5) is 0 Å². The van der Waals surface area contributed by atoms with Gasteiger partial charge >= 0.3 is 0 Å². The summed E-state index contributed by atoms with van der Waals surface area (Å²) in [6, 6.07) is 0. The lowest BCUT2D eigenvalue weighted by Crippen LogP contribution is -2.48. The molecule has 0 aromatic carbocycles. The van der Waals surface area contributed by atoms with Crippen LogP contribution in [-0.4, -0.2) is 32.7 Å². The highest BCUT2D eigenvalue weighted by molar-refractivity contribution is 5.82. The van der Waals surface area contributed by atoms with Gasteiger partial charge in [0.15, 0.2) is 0 Å². The summed E-state index contributed by atoms with van der Waals surface area (Å²) in [6.07, 6.45) is 1.48. The van der Waals surface area contributed by atoms with Crippen molar-refractivity contribution in [2.75, 3.05) is 26.8 Å². The summed E-state index contributed by atoms with van der Waals surface area (Å²) < 4.78 is 5.19. The number of nitrogens with two attached hydrogens (primary N) is 1. The maximum Gasteiger partial charge on any atom is 0.227 e. The van der Waals surface area contributed by atoms with Crippen molar-refractivity contribution in [2.45, 2.75) is 12.8 Å². The molecule has 0 aromatic rings. The largest absolute Gasteiger partial charge is 0.381 e. The molecular formula is C8H16N2O2. The van der Waals surface area contributed by atoms with Gasteiger partial charge in [0.1, 0.15) is 0 Å². The van der Waals surface area contributed by atoms with Gasteiger partial charge in [-0.3, -0.25) is 4.79 Å². The minimum Gasteiger partial charge on any atom is -0.381 e. The average molecular weight is 172 g/mol. The average Bonchev–Trinajstić information content (AvgIpc) is 2.17. The van der Waals surface area contributed by atoms with Gasteiger partial charge in [-0.15, -0.1) is 0 Å². The molecule has 1 amide bonds. The van der Waals surface area contributed by atoms with Crippen LogP contribution >= 0.6 is 0 Å². The van der Waals surface area contributed by atoms with E-state index < -0.39 is 0 Å². The van der Waals surface area contributed by atoms with Crippen LogP contribution in [-0.2, 0) is 9.53 Å². The van der Waals surface area contributed by atoms with Crippen molar-refractivity contribution < 1.29 is 9.53 Å². The Balaban J connectivity index is 2.66. The highest BCUT2D eigenvalue weighted by Gasteiger charge is 2.37. The number of hydrogen-bond acceptors (Lipinski definition) is 3. The van der Waals surface area contributed by atoms with Crippen molar-refractivity contribution in [3.63, 3.8) is 0 Å². The van der Waals surface area contributed by atoms with Gasteiger partial charge in [0.2, 0.25) is 5.91 Å². The minimum atomic E-state index is -0.368. The summed E-state index contributed by atoms with van der Waals surface area (Å²) in [5, 5.41) is 2.65. The molecule has 4 heteroatoms. The van der Waals surface area contributed by atoms with Gasteiger partial charge in [-0.25, -0.2) is 0 Å². The summed E-state index contributed by atoms with van der Waals surface area (Å²) >= 11 is 0. The van der Waals surface area contributed by atoms with Crippen molar-refractivity contribution >= 4 is 5.91 Å². The van der Waals surface area contributed by atoms with E-state index in [1.807, 2.05) is 0 Å². The first-order valence-corrected chi connectivity index (χ1v) is 4.25. The zero-order chi connectivity index (χ0) is 9.03. The molecule has 0 atom stereocenters. The Morgan fingerprint density at radius 2 is 2.17 bits per heavy atom. The zero-order valence-corrected chi connectivity index (χ0v) is 7.43. The molecule has 1 rings (SSSR count). The number of hydrogen-bond donors (Lipinski definition) is 2. The van der Waals surface area contributed by atoms with Crippen LogP contribution in [0.3, 0.4) is 0 Å². The molecule has 0 saturated carbocycles. The first-order chi connectivity index (χ1) is 5.75. The molecule has 4 nitrogen and oxygen atoms in total. The van der Waals surface area contributed by atoms with Crippen molar-refractivity contribution in [3.05, 3.63) is 0 Å². The molecule has 1 saturated heterocycles. The van der Waals surface area contributed by atoms with E-state index in [9.17, 15) is 4.79 Å². The summed E-state index contributed by atoms with van der Waals surface area (Å²) in [4.78, 5) is 11.5. The van der Waals surface area contributed by atoms with E-state index in [0.717, 1.165) is 12.8 Å². The summed E-state index contributed by atoms with van der Waals surface area (Å²) in [5.41, 5.74) is 5.23. The number of carbonyl (C=O) groups excluding carboxylic acids is 1. The summed E-state index contributed by atoms with van der Waals surface area (Å²) in [5.74, 6) is 0.0494. The normalized spacial score (nSPS) is 21.8. The van der Waals surface area contributed by atoms with Crippen molar-refractivity contribution in [1.29, 1.82) is 0 Å². The number of ether oxygens (including phenoxy) is 1. The van der Waals surface area contributed by atoms with Gasteiger partial charge in [0, 0.05) is 26.8 Å². The monoisotopic (exact) mass is 172 g/mol. The van der Waals surface area contributed by atoms with E-state index in [2.05, 4.69) is 5.32 Å². The third-order valence-corrected chi connectivity index (χ3v) is 2.55. The SMILES string of the molecule is CNC(=O)C1(CN)CCOCC1. The fourth-order valence-corrected chi connectivity index (χ4v) is 1.55. The quantitative estimate of drug-likeness (QED) is 0.589. The predicted molar refractivity (Wildman–Crippen MR) is 45.6 cm³/mol. The lowest BCUT2D eigenvalue weighted by atomic mass is 9.79. The highest BCUT2D eigenvalue weighted by Crippen LogP contribution is 2.29. The molecule has 1 aliphatic heterocycles. The van der Waals surface area contributed by atoms with Crippen LogP contribution in [0.2, 0.25) is 0 Å². The first-order valence-electron chi connectivity index (χ1n) is 4.25. The second-order valence-corrected chi connectivity index (χ2v) is 3.18. The second-order valence-electron chi connectivity index (χ2n) is 3.18. The minimum absolute atomic E-state index is 0.0494. The number of rotatable bonds is 2. The van der Waals surface area contributed by atoms with Gasteiger partial charge in [-0.05, 0) is 12.8 Å². The standard InChI is InChI=1S/C8H16N2O2/c1-10-7(11)8(6-9)2-4-12-5-3-8/h2-6,9H2,1H3,(H,10,11). The Morgan fingerprint density at radius 1 is 1.58 bits per heavy atom. The molecule has 0 spiro atoms. The van der Waals surface area contributed by atoms with Gasteiger partial charge in [0.25, 0.3) is 0 Å². The molecule has 0 aliphatic carbocycles. The Bertz CT molecular complexity index is 164. The van der Waals surface area contributed by atoms with Crippen LogP contribution in [0.1, 0.15) is 12.8 Å². The van der Waals surface area contributed by atoms with Crippen LogP contribution < -0.4 is 11.1 Å². The molecule has 1 heterocycles. The Hall–Kier alpha value is -0.610. The molecule has 0 aromatic heterocycles. The third kappa shape index (κ3) is 1.59. The van der Waals surface area contributed by atoms with Gasteiger partial charge < -0.3 is 15.8 Å². The van der Waals surface area contributed by atoms with Crippen molar-refractivity contribution in [2.24, 2.45) is 11.1 Å². The van der Waals surface area contributed by atoms with Crippen LogP contribution in [0.15, 0.2) is 0 Å². The van der Waals surface area contributed by atoms with E-state index >= 15 is 0 Å². The lowest BCUT2D eigenvalue weighted by molar-refractivity contribution is -0.135. The Labute approximate surface area is 72.5 Å². The zero-order valence-electron chi connectivity index (χ0n) is 7.43. The van der Waals surface area contributed by atoms with Crippen molar-refractivity contribution in [1.82, 2.24) is 5.32 Å². The molecule has 1 fully saturated rings. The van der Waals surface area contributed by atoms with E-state index in [1.54, 1.807) is 7.05 Å². The summed E-state index contributed by atoms with van der Waals surface area (Å²) in [7, 11) is 1.65. The second kappa shape index (κ2) is 3.87. The van der Waals surface area contributed by atoms with E-state index in [1.165, 1.54) is 0 Å². The molecule has 70 valence electrons. The number of nitrogens with one attached hydrogen (secondary N) is 1. The van der Waals surface area contributed by atoms with E-state index in [0.29, 0.717) is 19.8 Å². The number of carbonyl (C=O) groups is 1. The Morgan fingerprint density at radius 3 is 2.58 bits per heavy atom. The van der Waals surface area contributed by atoms with Gasteiger partial charge in [-0.2, -0.15) is 0 Å². The summed E-state index contributed by atoms with van der Waals surface area (Å²) in [6.45, 7) is 1.70. The predicted octanol–water partition coefficient (Wildman–Crippen LogP) is -0.512. The Kier molecular flexibility index (Phi) is 3.05. The van der Waals surface area contributed by atoms with Gasteiger partial charge in [0.05, 0.1) is 5.41 Å². The smallest absolute Gasteiger partial charge is 0.227 e. The molecule has 0 radical (unpaired) electrons. The highest BCUT2D eigenvalue weighted by atomic mass is 16.5. The third-order valence-electron chi connectivity index (χ3n) is 2.55. The lowest BCUT2D eigenvalue weighted by Gasteiger charge is -2.33.